The molecular weight excluding hydrogens is 243 g/mol. The SMILES string of the molecule is N#Cc1ccc2nc(N)n(-c3cccc(F)c3)c2c1. The molecule has 19 heavy (non-hydrogen) atoms. The van der Waals surface area contributed by atoms with Gasteiger partial charge in [0.05, 0.1) is 28.4 Å². The summed E-state index contributed by atoms with van der Waals surface area (Å²) in [6.45, 7) is 0. The second-order valence-corrected chi connectivity index (χ2v) is 4.10. The largest absolute Gasteiger partial charge is 0.369 e. The number of aromatic nitrogens is 2. The van der Waals surface area contributed by atoms with Crippen LogP contribution in [0.3, 0.4) is 0 Å². The van der Waals surface area contributed by atoms with Gasteiger partial charge in [-0.3, -0.25) is 4.57 Å². The molecule has 1 aromatic heterocycles. The standard InChI is InChI=1S/C14H9FN4/c15-10-2-1-3-11(7-10)19-13-6-9(8-16)4-5-12(13)18-14(19)17/h1-7H,(H2,17,18). The minimum Gasteiger partial charge on any atom is -0.369 e. The molecule has 0 atom stereocenters. The number of hydrogen-bond donors (Lipinski definition) is 1. The molecule has 0 aliphatic carbocycles. The molecular formula is C14H9FN4. The van der Waals surface area contributed by atoms with Crippen LogP contribution in [-0.2, 0) is 0 Å². The number of nitrogens with zero attached hydrogens (tertiary/aromatic N) is 3. The first-order valence-electron chi connectivity index (χ1n) is 5.63. The van der Waals surface area contributed by atoms with Gasteiger partial charge in [0, 0.05) is 0 Å². The van der Waals surface area contributed by atoms with E-state index in [0.29, 0.717) is 22.3 Å². The summed E-state index contributed by atoms with van der Waals surface area (Å²) in [4.78, 5) is 4.20. The van der Waals surface area contributed by atoms with Gasteiger partial charge in [-0.1, -0.05) is 6.07 Å². The van der Waals surface area contributed by atoms with Crippen LogP contribution < -0.4 is 5.73 Å². The lowest BCUT2D eigenvalue weighted by atomic mass is 10.2. The van der Waals surface area contributed by atoms with Crippen molar-refractivity contribution in [2.75, 3.05) is 5.73 Å². The minimum absolute atomic E-state index is 0.260. The van der Waals surface area contributed by atoms with E-state index in [1.165, 1.54) is 12.1 Å². The first kappa shape index (κ1) is 11.2. The zero-order valence-electron chi connectivity index (χ0n) is 9.84. The van der Waals surface area contributed by atoms with Crippen molar-refractivity contribution in [3.8, 4) is 11.8 Å². The minimum atomic E-state index is -0.352. The number of nitrogens with two attached hydrogens (primary N) is 1. The fraction of sp³-hybridized carbons (Fsp3) is 0. The molecule has 0 spiro atoms. The third kappa shape index (κ3) is 1.79. The van der Waals surface area contributed by atoms with Crippen molar-refractivity contribution in [2.45, 2.75) is 0 Å². The smallest absolute Gasteiger partial charge is 0.205 e. The molecule has 3 aromatic rings. The molecule has 2 N–H and O–H groups in total. The monoisotopic (exact) mass is 252 g/mol. The second kappa shape index (κ2) is 4.10. The Hall–Kier alpha value is -2.87. The van der Waals surface area contributed by atoms with Gasteiger partial charge in [0.15, 0.2) is 0 Å². The number of nitrogen functional groups attached to an aromatic ring is 1. The van der Waals surface area contributed by atoms with E-state index in [-0.39, 0.29) is 11.8 Å². The molecule has 3 rings (SSSR count). The van der Waals surface area contributed by atoms with Gasteiger partial charge in [0.1, 0.15) is 5.82 Å². The van der Waals surface area contributed by atoms with E-state index in [2.05, 4.69) is 11.1 Å². The molecule has 5 heteroatoms. The van der Waals surface area contributed by atoms with Gasteiger partial charge in [-0.15, -0.1) is 0 Å². The van der Waals surface area contributed by atoms with Crippen molar-refractivity contribution < 1.29 is 4.39 Å². The van der Waals surface area contributed by atoms with Crippen molar-refractivity contribution in [3.63, 3.8) is 0 Å². The second-order valence-electron chi connectivity index (χ2n) is 4.10. The predicted octanol–water partition coefficient (Wildman–Crippen LogP) is 2.62. The maximum absolute atomic E-state index is 13.3. The van der Waals surface area contributed by atoms with Gasteiger partial charge >= 0.3 is 0 Å². The molecule has 0 bridgehead atoms. The Labute approximate surface area is 108 Å². The fourth-order valence-electron chi connectivity index (χ4n) is 2.05. The lowest BCUT2D eigenvalue weighted by molar-refractivity contribution is 0.627. The third-order valence-electron chi connectivity index (χ3n) is 2.88. The Kier molecular flexibility index (Phi) is 2.43. The summed E-state index contributed by atoms with van der Waals surface area (Å²) in [7, 11) is 0. The number of halogens is 1. The van der Waals surface area contributed by atoms with Crippen LogP contribution in [-0.4, -0.2) is 9.55 Å². The van der Waals surface area contributed by atoms with Gasteiger partial charge in [-0.25, -0.2) is 9.37 Å². The molecule has 0 unspecified atom stereocenters. The Morgan fingerprint density at radius 3 is 2.79 bits per heavy atom. The summed E-state index contributed by atoms with van der Waals surface area (Å²) >= 11 is 0. The van der Waals surface area contributed by atoms with Crippen LogP contribution in [0.1, 0.15) is 5.56 Å². The van der Waals surface area contributed by atoms with Crippen molar-refractivity contribution in [3.05, 3.63) is 53.8 Å². The van der Waals surface area contributed by atoms with E-state index in [1.54, 1.807) is 34.9 Å². The van der Waals surface area contributed by atoms with Crippen molar-refractivity contribution >= 4 is 17.0 Å². The number of anilines is 1. The molecule has 0 aliphatic rings. The van der Waals surface area contributed by atoms with E-state index in [0.717, 1.165) is 0 Å². The summed E-state index contributed by atoms with van der Waals surface area (Å²) in [5, 5.41) is 8.94. The first-order valence-corrected chi connectivity index (χ1v) is 5.63. The van der Waals surface area contributed by atoms with E-state index in [4.69, 9.17) is 11.0 Å². The quantitative estimate of drug-likeness (QED) is 0.723. The highest BCUT2D eigenvalue weighted by Gasteiger charge is 2.11. The number of rotatable bonds is 1. The average molecular weight is 252 g/mol. The molecule has 0 saturated heterocycles. The fourth-order valence-corrected chi connectivity index (χ4v) is 2.05. The van der Waals surface area contributed by atoms with Crippen LogP contribution in [0.2, 0.25) is 0 Å². The number of imidazole rings is 1. The molecule has 0 saturated carbocycles. The van der Waals surface area contributed by atoms with Crippen molar-refractivity contribution in [1.29, 1.82) is 5.26 Å². The Morgan fingerprint density at radius 2 is 2.05 bits per heavy atom. The van der Waals surface area contributed by atoms with Gasteiger partial charge in [0.25, 0.3) is 0 Å². The van der Waals surface area contributed by atoms with E-state index < -0.39 is 0 Å². The van der Waals surface area contributed by atoms with E-state index in [1.807, 2.05) is 0 Å². The van der Waals surface area contributed by atoms with Crippen LogP contribution in [0.5, 0.6) is 0 Å². The topological polar surface area (TPSA) is 67.6 Å². The summed E-state index contributed by atoms with van der Waals surface area (Å²) in [5.74, 6) is -0.0918. The summed E-state index contributed by atoms with van der Waals surface area (Å²) in [6, 6.07) is 13.2. The number of fused-ring (bicyclic) bond motifs is 1. The Bertz CT molecular complexity index is 814. The number of benzene rings is 2. The predicted molar refractivity (Wildman–Crippen MR) is 70.2 cm³/mol. The zero-order chi connectivity index (χ0) is 13.4. The first-order chi connectivity index (χ1) is 9.19. The molecule has 0 radical (unpaired) electrons. The number of hydrogen-bond acceptors (Lipinski definition) is 3. The molecule has 0 fully saturated rings. The highest BCUT2D eigenvalue weighted by Crippen LogP contribution is 2.24. The Balaban J connectivity index is 2.34. The van der Waals surface area contributed by atoms with Gasteiger partial charge in [-0.2, -0.15) is 5.26 Å². The van der Waals surface area contributed by atoms with Gasteiger partial charge in [-0.05, 0) is 36.4 Å². The zero-order valence-corrected chi connectivity index (χ0v) is 9.84. The lowest BCUT2D eigenvalue weighted by Gasteiger charge is -2.06. The van der Waals surface area contributed by atoms with Gasteiger partial charge < -0.3 is 5.73 Å². The van der Waals surface area contributed by atoms with Gasteiger partial charge in [0.2, 0.25) is 5.95 Å². The molecule has 0 amide bonds. The molecule has 0 aliphatic heterocycles. The van der Waals surface area contributed by atoms with Crippen LogP contribution >= 0.6 is 0 Å². The summed E-state index contributed by atoms with van der Waals surface area (Å²) < 4.78 is 14.9. The van der Waals surface area contributed by atoms with Crippen LogP contribution in [0.25, 0.3) is 16.7 Å². The maximum atomic E-state index is 13.3. The summed E-state index contributed by atoms with van der Waals surface area (Å²) in [6.07, 6.45) is 0. The highest BCUT2D eigenvalue weighted by atomic mass is 19.1. The highest BCUT2D eigenvalue weighted by molar-refractivity contribution is 5.82. The third-order valence-corrected chi connectivity index (χ3v) is 2.88. The summed E-state index contributed by atoms with van der Waals surface area (Å²) in [5.41, 5.74) is 8.31. The maximum Gasteiger partial charge on any atom is 0.205 e. The van der Waals surface area contributed by atoms with Crippen LogP contribution in [0.15, 0.2) is 42.5 Å². The number of nitriles is 1. The average Bonchev–Trinajstić information content (AvgIpc) is 2.73. The normalized spacial score (nSPS) is 10.5. The van der Waals surface area contributed by atoms with E-state index >= 15 is 0 Å². The lowest BCUT2D eigenvalue weighted by Crippen LogP contribution is -2.00. The molecule has 4 nitrogen and oxygen atoms in total. The van der Waals surface area contributed by atoms with Crippen molar-refractivity contribution in [2.24, 2.45) is 0 Å². The van der Waals surface area contributed by atoms with Crippen LogP contribution in [0.4, 0.5) is 10.3 Å². The molecule has 2 aromatic carbocycles. The molecule has 1 heterocycles. The molecule has 92 valence electrons. The Morgan fingerprint density at radius 1 is 1.21 bits per heavy atom. The van der Waals surface area contributed by atoms with Crippen molar-refractivity contribution in [1.82, 2.24) is 9.55 Å². The van der Waals surface area contributed by atoms with E-state index in [9.17, 15) is 4.39 Å². The van der Waals surface area contributed by atoms with Crippen LogP contribution in [0, 0.1) is 17.1 Å².